The fraction of sp³-hybridized carbons (Fsp3) is 0.368. The highest BCUT2D eigenvalue weighted by atomic mass is 32.1. The molecule has 0 atom stereocenters. The minimum atomic E-state index is -0.296. The van der Waals surface area contributed by atoms with Gasteiger partial charge in [-0.3, -0.25) is 15.0 Å². The molecule has 1 aliphatic rings. The Morgan fingerprint density at radius 1 is 1.37 bits per heavy atom. The molecular weight excluding hydrogens is 366 g/mol. The molecule has 142 valence electrons. The predicted molar refractivity (Wildman–Crippen MR) is 104 cm³/mol. The molecular formula is C19H21N3O4S. The maximum Gasteiger partial charge on any atom is 0.293 e. The number of methoxy groups -OCH3 is 1. The summed E-state index contributed by atoms with van der Waals surface area (Å²) in [6.07, 6.45) is 0. The van der Waals surface area contributed by atoms with Gasteiger partial charge in [0.2, 0.25) is 0 Å². The van der Waals surface area contributed by atoms with Gasteiger partial charge >= 0.3 is 0 Å². The van der Waals surface area contributed by atoms with Gasteiger partial charge in [0.1, 0.15) is 11.3 Å². The van der Waals surface area contributed by atoms with Crippen molar-refractivity contribution in [2.24, 2.45) is 0 Å². The van der Waals surface area contributed by atoms with Crippen LogP contribution in [0.2, 0.25) is 0 Å². The van der Waals surface area contributed by atoms with Gasteiger partial charge in [-0.15, -0.1) is 11.3 Å². The number of thiazole rings is 1. The standard InChI is InChI=1S/C19H21N3O4S/c1-12-15-9-14(24-2)3-4-16(15)26-17(12)18(23)21-19-20-13(11-27-19)10-22-5-7-25-8-6-22/h3-4,9,11H,5-8,10H2,1-2H3,(H,20,21,23). The van der Waals surface area contributed by atoms with Crippen LogP contribution in [0, 0.1) is 6.92 Å². The van der Waals surface area contributed by atoms with Crippen LogP contribution in [-0.4, -0.2) is 49.2 Å². The smallest absolute Gasteiger partial charge is 0.293 e. The fourth-order valence-corrected chi connectivity index (χ4v) is 3.82. The summed E-state index contributed by atoms with van der Waals surface area (Å²) >= 11 is 1.42. The summed E-state index contributed by atoms with van der Waals surface area (Å²) in [5.41, 5.74) is 2.39. The first-order valence-corrected chi connectivity index (χ1v) is 9.65. The zero-order chi connectivity index (χ0) is 18.8. The van der Waals surface area contributed by atoms with Crippen LogP contribution < -0.4 is 10.1 Å². The van der Waals surface area contributed by atoms with Crippen LogP contribution in [-0.2, 0) is 11.3 Å². The third kappa shape index (κ3) is 3.83. The van der Waals surface area contributed by atoms with E-state index in [9.17, 15) is 4.79 Å². The molecule has 0 saturated carbocycles. The number of anilines is 1. The average molecular weight is 387 g/mol. The number of hydrogen-bond donors (Lipinski definition) is 1. The number of carbonyl (C=O) groups excluding carboxylic acids is 1. The molecule has 3 aromatic rings. The second-order valence-corrected chi connectivity index (χ2v) is 7.26. The van der Waals surface area contributed by atoms with Crippen molar-refractivity contribution in [3.63, 3.8) is 0 Å². The number of aryl methyl sites for hydroxylation is 1. The molecule has 4 rings (SSSR count). The molecule has 7 nitrogen and oxygen atoms in total. The SMILES string of the molecule is COc1ccc2oc(C(=O)Nc3nc(CN4CCOCC4)cs3)c(C)c2c1. The Hall–Kier alpha value is -2.42. The van der Waals surface area contributed by atoms with Gasteiger partial charge < -0.3 is 13.9 Å². The van der Waals surface area contributed by atoms with E-state index >= 15 is 0 Å². The summed E-state index contributed by atoms with van der Waals surface area (Å²) in [6.45, 7) is 5.94. The van der Waals surface area contributed by atoms with Gasteiger partial charge in [0.25, 0.3) is 5.91 Å². The van der Waals surface area contributed by atoms with Gasteiger partial charge in [0, 0.05) is 36.0 Å². The third-order valence-electron chi connectivity index (χ3n) is 4.61. The molecule has 27 heavy (non-hydrogen) atoms. The highest BCUT2D eigenvalue weighted by Crippen LogP contribution is 2.29. The Bertz CT molecular complexity index is 959. The second-order valence-electron chi connectivity index (χ2n) is 6.40. The zero-order valence-electron chi connectivity index (χ0n) is 15.3. The van der Waals surface area contributed by atoms with Gasteiger partial charge in [-0.05, 0) is 25.1 Å². The topological polar surface area (TPSA) is 76.8 Å². The van der Waals surface area contributed by atoms with Crippen LogP contribution in [0.5, 0.6) is 5.75 Å². The molecule has 1 aliphatic heterocycles. The number of morpholine rings is 1. The number of aromatic nitrogens is 1. The lowest BCUT2D eigenvalue weighted by atomic mass is 10.1. The summed E-state index contributed by atoms with van der Waals surface area (Å²) in [5, 5.41) is 6.26. The first-order valence-electron chi connectivity index (χ1n) is 8.77. The minimum Gasteiger partial charge on any atom is -0.497 e. The van der Waals surface area contributed by atoms with E-state index in [-0.39, 0.29) is 5.91 Å². The van der Waals surface area contributed by atoms with Gasteiger partial charge in [-0.25, -0.2) is 4.98 Å². The van der Waals surface area contributed by atoms with Crippen molar-refractivity contribution in [2.75, 3.05) is 38.7 Å². The molecule has 0 bridgehead atoms. The van der Waals surface area contributed by atoms with Crippen LogP contribution in [0.3, 0.4) is 0 Å². The highest BCUT2D eigenvalue weighted by Gasteiger charge is 2.20. The normalized spacial score (nSPS) is 15.2. The molecule has 0 aliphatic carbocycles. The molecule has 0 spiro atoms. The number of furan rings is 1. The van der Waals surface area contributed by atoms with E-state index in [0.717, 1.165) is 55.2 Å². The molecule has 1 fully saturated rings. The molecule has 1 aromatic carbocycles. The maximum atomic E-state index is 12.7. The third-order valence-corrected chi connectivity index (χ3v) is 5.42. The zero-order valence-corrected chi connectivity index (χ0v) is 16.1. The Balaban J connectivity index is 1.47. The lowest BCUT2D eigenvalue weighted by molar-refractivity contribution is 0.0337. The number of nitrogens with one attached hydrogen (secondary N) is 1. The van der Waals surface area contributed by atoms with E-state index in [4.69, 9.17) is 13.9 Å². The number of nitrogens with zero attached hydrogens (tertiary/aromatic N) is 2. The average Bonchev–Trinajstić information content (AvgIpc) is 3.26. The number of carbonyl (C=O) groups is 1. The summed E-state index contributed by atoms with van der Waals surface area (Å²) in [5.74, 6) is 0.726. The van der Waals surface area contributed by atoms with Crippen molar-refractivity contribution >= 4 is 33.3 Å². The molecule has 1 saturated heterocycles. The van der Waals surface area contributed by atoms with E-state index in [0.29, 0.717) is 16.5 Å². The van der Waals surface area contributed by atoms with Crippen LogP contribution in [0.1, 0.15) is 21.8 Å². The summed E-state index contributed by atoms with van der Waals surface area (Å²) < 4.78 is 16.4. The maximum absolute atomic E-state index is 12.7. The van der Waals surface area contributed by atoms with E-state index in [1.54, 1.807) is 7.11 Å². The Morgan fingerprint density at radius 2 is 2.19 bits per heavy atom. The molecule has 0 unspecified atom stereocenters. The molecule has 1 N–H and O–H groups in total. The van der Waals surface area contributed by atoms with Crippen molar-refractivity contribution in [1.29, 1.82) is 0 Å². The van der Waals surface area contributed by atoms with Crippen LogP contribution >= 0.6 is 11.3 Å². The van der Waals surface area contributed by atoms with E-state index in [1.165, 1.54) is 11.3 Å². The largest absolute Gasteiger partial charge is 0.497 e. The summed E-state index contributed by atoms with van der Waals surface area (Å²) in [6, 6.07) is 5.49. The van der Waals surface area contributed by atoms with Gasteiger partial charge in [-0.1, -0.05) is 0 Å². The highest BCUT2D eigenvalue weighted by molar-refractivity contribution is 7.13. The first-order chi connectivity index (χ1) is 13.1. The number of rotatable bonds is 5. The summed E-state index contributed by atoms with van der Waals surface area (Å²) in [7, 11) is 1.61. The molecule has 0 radical (unpaired) electrons. The predicted octanol–water partition coefficient (Wildman–Crippen LogP) is 3.29. The summed E-state index contributed by atoms with van der Waals surface area (Å²) in [4.78, 5) is 19.5. The minimum absolute atomic E-state index is 0.295. The monoisotopic (exact) mass is 387 g/mol. The van der Waals surface area contributed by atoms with Crippen molar-refractivity contribution in [2.45, 2.75) is 13.5 Å². The lowest BCUT2D eigenvalue weighted by Gasteiger charge is -2.25. The van der Waals surface area contributed by atoms with Gasteiger partial charge in [0.15, 0.2) is 10.9 Å². The Morgan fingerprint density at radius 3 is 2.96 bits per heavy atom. The molecule has 8 heteroatoms. The van der Waals surface area contributed by atoms with Crippen LogP contribution in [0.25, 0.3) is 11.0 Å². The van der Waals surface area contributed by atoms with Crippen molar-refractivity contribution < 1.29 is 18.7 Å². The second kappa shape index (κ2) is 7.67. The number of benzene rings is 1. The number of fused-ring (bicyclic) bond motifs is 1. The first kappa shape index (κ1) is 18.0. The Kier molecular flexibility index (Phi) is 5.11. The number of hydrogen-bond acceptors (Lipinski definition) is 7. The van der Waals surface area contributed by atoms with E-state index < -0.39 is 0 Å². The quantitative estimate of drug-likeness (QED) is 0.724. The van der Waals surface area contributed by atoms with Crippen molar-refractivity contribution in [1.82, 2.24) is 9.88 Å². The van der Waals surface area contributed by atoms with Crippen molar-refractivity contribution in [3.05, 3.63) is 40.6 Å². The number of ether oxygens (including phenoxy) is 2. The van der Waals surface area contributed by atoms with Crippen molar-refractivity contribution in [3.8, 4) is 5.75 Å². The molecule has 3 heterocycles. The lowest BCUT2D eigenvalue weighted by Crippen LogP contribution is -2.35. The Labute approximate surface area is 160 Å². The molecule has 1 amide bonds. The van der Waals surface area contributed by atoms with E-state index in [2.05, 4.69) is 15.2 Å². The fourth-order valence-electron chi connectivity index (χ4n) is 3.12. The van der Waals surface area contributed by atoms with Gasteiger partial charge in [0.05, 0.1) is 26.0 Å². The van der Waals surface area contributed by atoms with Gasteiger partial charge in [-0.2, -0.15) is 0 Å². The van der Waals surface area contributed by atoms with Crippen LogP contribution in [0.15, 0.2) is 28.0 Å². The number of amides is 1. The molecule has 2 aromatic heterocycles. The van der Waals surface area contributed by atoms with Crippen LogP contribution in [0.4, 0.5) is 5.13 Å². The van der Waals surface area contributed by atoms with E-state index in [1.807, 2.05) is 30.5 Å².